The Kier molecular flexibility index (Phi) is 61.2. The van der Waals surface area contributed by atoms with Gasteiger partial charge in [0.1, 0.15) is 0 Å². The monoisotopic (exact) mass is 718 g/mol. The summed E-state index contributed by atoms with van der Waals surface area (Å²) in [4.78, 5) is 10.1. The minimum Gasteiger partial charge on any atom is -0.478 e. The Hall–Kier alpha value is -4.21. The van der Waals surface area contributed by atoms with E-state index in [0.29, 0.717) is 0 Å². The zero-order valence-corrected chi connectivity index (χ0v) is 32.6. The van der Waals surface area contributed by atoms with E-state index in [1.54, 1.807) is 12.2 Å². The lowest BCUT2D eigenvalue weighted by Gasteiger charge is -1.87. The van der Waals surface area contributed by atoms with Gasteiger partial charge in [-0.15, -0.1) is 6.58 Å². The van der Waals surface area contributed by atoms with Crippen molar-refractivity contribution in [3.05, 3.63) is 173 Å². The van der Waals surface area contributed by atoms with E-state index >= 15 is 0 Å². The summed E-state index contributed by atoms with van der Waals surface area (Å²) in [5, 5.41) is 8.29. The molecule has 0 saturated heterocycles. The predicted molar refractivity (Wildman–Crippen MR) is 228 cm³/mol. The van der Waals surface area contributed by atoms with Crippen LogP contribution in [0, 0.1) is 0 Å². The van der Waals surface area contributed by atoms with E-state index in [2.05, 4.69) is 58.9 Å². The lowest BCUT2D eigenvalue weighted by molar-refractivity contribution is -0.131. The molecule has 0 aliphatic heterocycles. The topological polar surface area (TPSA) is 37.3 Å². The summed E-state index contributed by atoms with van der Waals surface area (Å²) >= 11 is 3.31. The van der Waals surface area contributed by atoms with Gasteiger partial charge < -0.3 is 5.11 Å². The van der Waals surface area contributed by atoms with Crippen LogP contribution in [0.3, 0.4) is 0 Å². The van der Waals surface area contributed by atoms with Crippen LogP contribution in [0.2, 0.25) is 0 Å². The molecule has 2 nitrogen and oxygen atoms in total. The molecule has 0 aliphatic carbocycles. The number of carbonyl (C=O) groups is 1. The average molecular weight is 720 g/mol. The van der Waals surface area contributed by atoms with Crippen molar-refractivity contribution >= 4 is 40.1 Å². The van der Waals surface area contributed by atoms with Gasteiger partial charge in [0.25, 0.3) is 0 Å². The van der Waals surface area contributed by atoms with Gasteiger partial charge in [0, 0.05) is 10.5 Å². The number of benzene rings is 4. The van der Waals surface area contributed by atoms with Crippen LogP contribution in [0.15, 0.2) is 157 Å². The van der Waals surface area contributed by atoms with E-state index in [4.69, 9.17) is 5.11 Å². The number of hydrogen-bond acceptors (Lipinski definition) is 1. The highest BCUT2D eigenvalue weighted by Gasteiger charge is 1.86. The number of rotatable bonds is 4. The third kappa shape index (κ3) is 46.2. The fourth-order valence-electron chi connectivity index (χ4n) is 2.66. The molecular weight excluding hydrogens is 652 g/mol. The van der Waals surface area contributed by atoms with Crippen molar-refractivity contribution in [1.82, 2.24) is 0 Å². The fraction of sp³-hybridized carbons (Fsp3) is 0.267. The molecule has 0 atom stereocenters. The van der Waals surface area contributed by atoms with Crippen LogP contribution >= 0.6 is 15.9 Å². The molecule has 0 aliphatic rings. The van der Waals surface area contributed by atoms with Crippen molar-refractivity contribution in [2.75, 3.05) is 0 Å². The molecule has 0 heterocycles. The molecule has 0 fully saturated rings. The van der Waals surface area contributed by atoms with Crippen LogP contribution in [-0.4, -0.2) is 11.1 Å². The molecule has 0 aromatic heterocycles. The number of aliphatic carboxylic acids is 1. The van der Waals surface area contributed by atoms with Crippen molar-refractivity contribution < 1.29 is 9.90 Å². The molecule has 266 valence electrons. The molecule has 0 spiro atoms. The van der Waals surface area contributed by atoms with Crippen molar-refractivity contribution in [3.8, 4) is 0 Å². The molecule has 3 heteroatoms. The number of carboxylic acids is 1. The van der Waals surface area contributed by atoms with Gasteiger partial charge in [-0.1, -0.05) is 218 Å². The first kappa shape index (κ1) is 56.1. The Bertz CT molecular complexity index is 1150. The first-order valence-electron chi connectivity index (χ1n) is 16.6. The van der Waals surface area contributed by atoms with Gasteiger partial charge >= 0.3 is 5.97 Å². The Morgan fingerprint density at radius 2 is 0.750 bits per heavy atom. The third-order valence-electron chi connectivity index (χ3n) is 4.27. The summed E-state index contributed by atoms with van der Waals surface area (Å²) in [7, 11) is 0. The summed E-state index contributed by atoms with van der Waals surface area (Å²) in [6.07, 6.45) is 12.7. The van der Waals surface area contributed by atoms with Crippen molar-refractivity contribution in [2.45, 2.75) is 83.6 Å². The van der Waals surface area contributed by atoms with Gasteiger partial charge in [0.2, 0.25) is 0 Å². The van der Waals surface area contributed by atoms with Gasteiger partial charge in [0.15, 0.2) is 0 Å². The Morgan fingerprint density at radius 3 is 0.938 bits per heavy atom. The number of allylic oxidation sites excluding steroid dienone is 3. The maximum absolute atomic E-state index is 10.1. The second kappa shape index (κ2) is 52.3. The van der Waals surface area contributed by atoms with Crippen LogP contribution < -0.4 is 0 Å². The molecule has 0 saturated carbocycles. The second-order valence-electron chi connectivity index (χ2n) is 7.61. The van der Waals surface area contributed by atoms with E-state index < -0.39 is 5.97 Å². The zero-order chi connectivity index (χ0) is 37.0. The fourth-order valence-corrected chi connectivity index (χ4v) is 2.96. The molecule has 1 N–H and O–H groups in total. The van der Waals surface area contributed by atoms with E-state index in [0.717, 1.165) is 16.1 Å². The van der Waals surface area contributed by atoms with Crippen molar-refractivity contribution in [3.63, 3.8) is 0 Å². The molecule has 0 bridgehead atoms. The van der Waals surface area contributed by atoms with Crippen LogP contribution in [0.4, 0.5) is 0 Å². The highest BCUT2D eigenvalue weighted by atomic mass is 79.9. The number of hydrogen-bond donors (Lipinski definition) is 1. The number of carboxylic acid groups (broad SMARTS) is 1. The maximum atomic E-state index is 10.1. The van der Waals surface area contributed by atoms with Crippen molar-refractivity contribution in [2.24, 2.45) is 0 Å². The highest BCUT2D eigenvalue weighted by Crippen LogP contribution is 2.05. The summed E-state index contributed by atoms with van der Waals surface area (Å²) in [6, 6.07) is 39.8. The summed E-state index contributed by atoms with van der Waals surface area (Å²) in [6.45, 7) is 25.3. The Labute approximate surface area is 305 Å². The maximum Gasteiger partial charge on any atom is 0.328 e. The summed E-state index contributed by atoms with van der Waals surface area (Å²) in [5.74, 6) is -0.922. The number of halogens is 1. The minimum absolute atomic E-state index is 0. The van der Waals surface area contributed by atoms with Gasteiger partial charge in [0.05, 0.1) is 0 Å². The van der Waals surface area contributed by atoms with Crippen LogP contribution in [-0.2, 0) is 4.79 Å². The van der Waals surface area contributed by atoms with E-state index in [1.807, 2.05) is 185 Å². The third-order valence-corrected chi connectivity index (χ3v) is 4.80. The standard InChI is InChI=1S/C9H8O2.2C9H10.C6H5Br.C3H6.4C2H6.CH4/c10-9(11)7-6-8-4-2-1-3-5-8;2*1-2-6-9-7-4-3-5-8-9;7-6-4-2-1-3-5-6;1-3-2;4*1-2;/h1-7H,(H,10,11);2*2-8H,1H3;1-5H;3H,1H2,2H3;4*1-2H3;1H4. The van der Waals surface area contributed by atoms with Gasteiger partial charge in [-0.05, 0) is 55.7 Å². The second-order valence-corrected chi connectivity index (χ2v) is 8.52. The van der Waals surface area contributed by atoms with Gasteiger partial charge in [-0.25, -0.2) is 4.79 Å². The first-order valence-corrected chi connectivity index (χ1v) is 17.3. The van der Waals surface area contributed by atoms with Crippen LogP contribution in [0.25, 0.3) is 18.2 Å². The molecule has 48 heavy (non-hydrogen) atoms. The van der Waals surface area contributed by atoms with E-state index in [-0.39, 0.29) is 7.43 Å². The van der Waals surface area contributed by atoms with Gasteiger partial charge in [-0.2, -0.15) is 0 Å². The van der Waals surface area contributed by atoms with E-state index in [1.165, 1.54) is 11.1 Å². The van der Waals surface area contributed by atoms with Crippen LogP contribution in [0.1, 0.15) is 100 Å². The SMILES string of the molecule is Brc1ccccc1.C.C=CC.CC.CC.CC.CC.CC=Cc1ccccc1.CC=Cc1ccccc1.O=C(O)C=Cc1ccccc1. The quantitative estimate of drug-likeness (QED) is 0.168. The minimum atomic E-state index is -0.922. The Balaban J connectivity index is -0.000000111. The highest BCUT2D eigenvalue weighted by molar-refractivity contribution is 9.10. The van der Waals surface area contributed by atoms with Gasteiger partial charge in [-0.3, -0.25) is 0 Å². The van der Waals surface area contributed by atoms with E-state index in [9.17, 15) is 4.79 Å². The molecule has 0 amide bonds. The Morgan fingerprint density at radius 1 is 0.521 bits per heavy atom. The smallest absolute Gasteiger partial charge is 0.328 e. The zero-order valence-electron chi connectivity index (χ0n) is 31.0. The lowest BCUT2D eigenvalue weighted by atomic mass is 10.2. The predicted octanol–water partition coefficient (Wildman–Crippen LogP) is 15.6. The molecule has 4 aromatic rings. The molecular formula is C45H67BrO2. The normalized spacial score (nSPS) is 8.25. The van der Waals surface area contributed by atoms with Crippen molar-refractivity contribution in [1.29, 1.82) is 0 Å². The lowest BCUT2D eigenvalue weighted by Crippen LogP contribution is -1.85. The average Bonchev–Trinajstić information content (AvgIpc) is 3.14. The molecule has 0 radical (unpaired) electrons. The first-order chi connectivity index (χ1) is 23.0. The molecule has 4 aromatic carbocycles. The molecule has 4 rings (SSSR count). The van der Waals surface area contributed by atoms with Crippen LogP contribution in [0.5, 0.6) is 0 Å². The summed E-state index contributed by atoms with van der Waals surface area (Å²) < 4.78 is 1.13. The molecule has 0 unspecified atom stereocenters. The largest absolute Gasteiger partial charge is 0.478 e. The summed E-state index contributed by atoms with van der Waals surface area (Å²) in [5.41, 5.74) is 3.43.